The predicted molar refractivity (Wildman–Crippen MR) is 99.6 cm³/mol. The van der Waals surface area contributed by atoms with E-state index in [-0.39, 0.29) is 18.1 Å². The fourth-order valence-corrected chi connectivity index (χ4v) is 2.67. The standard InChI is InChI=1S/C19H26N4O2/c1-14-11-15(2)22-18(24)17(14)12-21-19(25)20-9-10-23(3)13-16-7-5-4-6-8-16/h4-8,11H,9-10,12-13H2,1-3H3,(H,22,24)(H2,20,21,25). The number of urea groups is 1. The minimum atomic E-state index is -0.271. The molecular formula is C19H26N4O2. The molecule has 0 bridgehead atoms. The molecule has 0 aliphatic rings. The highest BCUT2D eigenvalue weighted by molar-refractivity contribution is 5.73. The Morgan fingerprint density at radius 1 is 1.16 bits per heavy atom. The highest BCUT2D eigenvalue weighted by Crippen LogP contribution is 2.03. The molecule has 0 aliphatic heterocycles. The molecule has 6 nitrogen and oxygen atoms in total. The smallest absolute Gasteiger partial charge is 0.315 e. The average molecular weight is 342 g/mol. The Hall–Kier alpha value is -2.60. The third-order valence-electron chi connectivity index (χ3n) is 3.99. The minimum absolute atomic E-state index is 0.152. The quantitative estimate of drug-likeness (QED) is 0.719. The number of aryl methyl sites for hydroxylation is 2. The first kappa shape index (κ1) is 18.7. The number of hydrogen-bond donors (Lipinski definition) is 3. The molecule has 2 amide bonds. The van der Waals surface area contributed by atoms with Crippen molar-refractivity contribution in [2.24, 2.45) is 0 Å². The maximum absolute atomic E-state index is 11.9. The van der Waals surface area contributed by atoms with Crippen LogP contribution in [-0.2, 0) is 13.1 Å². The van der Waals surface area contributed by atoms with Crippen molar-refractivity contribution in [3.63, 3.8) is 0 Å². The number of hydrogen-bond acceptors (Lipinski definition) is 3. The predicted octanol–water partition coefficient (Wildman–Crippen LogP) is 1.92. The van der Waals surface area contributed by atoms with Crippen molar-refractivity contribution in [1.29, 1.82) is 0 Å². The lowest BCUT2D eigenvalue weighted by atomic mass is 10.1. The number of aromatic amines is 1. The Balaban J connectivity index is 1.72. The molecule has 0 unspecified atom stereocenters. The third-order valence-corrected chi connectivity index (χ3v) is 3.99. The molecule has 25 heavy (non-hydrogen) atoms. The number of benzene rings is 1. The molecule has 0 radical (unpaired) electrons. The number of rotatable bonds is 7. The maximum Gasteiger partial charge on any atom is 0.315 e. The van der Waals surface area contributed by atoms with Crippen LogP contribution in [0.3, 0.4) is 0 Å². The molecule has 2 aromatic rings. The van der Waals surface area contributed by atoms with Crippen molar-refractivity contribution in [1.82, 2.24) is 20.5 Å². The molecule has 6 heteroatoms. The van der Waals surface area contributed by atoms with Crippen LogP contribution >= 0.6 is 0 Å². The Morgan fingerprint density at radius 3 is 2.56 bits per heavy atom. The molecular weight excluding hydrogens is 316 g/mol. The van der Waals surface area contributed by atoms with E-state index in [0.29, 0.717) is 12.1 Å². The van der Waals surface area contributed by atoms with Crippen LogP contribution in [0.1, 0.15) is 22.4 Å². The summed E-state index contributed by atoms with van der Waals surface area (Å²) in [4.78, 5) is 28.7. The zero-order valence-corrected chi connectivity index (χ0v) is 15.1. The van der Waals surface area contributed by atoms with Crippen LogP contribution in [0.2, 0.25) is 0 Å². The lowest BCUT2D eigenvalue weighted by Gasteiger charge is -2.17. The van der Waals surface area contributed by atoms with Crippen molar-refractivity contribution in [2.45, 2.75) is 26.9 Å². The molecule has 0 fully saturated rings. The van der Waals surface area contributed by atoms with Crippen LogP contribution in [0.4, 0.5) is 4.79 Å². The first-order chi connectivity index (χ1) is 12.0. The first-order valence-electron chi connectivity index (χ1n) is 8.39. The Kier molecular flexibility index (Phi) is 6.77. The van der Waals surface area contributed by atoms with Gasteiger partial charge in [-0.05, 0) is 38.1 Å². The number of carbonyl (C=O) groups excluding carboxylic acids is 1. The van der Waals surface area contributed by atoms with Crippen LogP contribution in [0.25, 0.3) is 0 Å². The largest absolute Gasteiger partial charge is 0.337 e. The minimum Gasteiger partial charge on any atom is -0.337 e. The van der Waals surface area contributed by atoms with Crippen LogP contribution in [0.15, 0.2) is 41.2 Å². The normalized spacial score (nSPS) is 10.7. The number of nitrogens with zero attached hydrogens (tertiary/aromatic N) is 1. The number of pyridine rings is 1. The molecule has 0 saturated heterocycles. The zero-order chi connectivity index (χ0) is 18.2. The number of nitrogens with one attached hydrogen (secondary N) is 3. The van der Waals surface area contributed by atoms with Crippen LogP contribution in [-0.4, -0.2) is 36.1 Å². The van der Waals surface area contributed by atoms with Crippen molar-refractivity contribution in [3.8, 4) is 0 Å². The van der Waals surface area contributed by atoms with Gasteiger partial charge in [-0.1, -0.05) is 30.3 Å². The number of likely N-dealkylation sites (N-methyl/N-ethyl adjacent to an activating group) is 1. The van der Waals surface area contributed by atoms with Gasteiger partial charge < -0.3 is 20.5 Å². The lowest BCUT2D eigenvalue weighted by Crippen LogP contribution is -2.40. The van der Waals surface area contributed by atoms with Gasteiger partial charge in [-0.15, -0.1) is 0 Å². The molecule has 0 atom stereocenters. The van der Waals surface area contributed by atoms with Crippen LogP contribution in [0, 0.1) is 13.8 Å². The lowest BCUT2D eigenvalue weighted by molar-refractivity contribution is 0.237. The SMILES string of the molecule is Cc1cc(C)c(CNC(=O)NCCN(C)Cc2ccccc2)c(=O)[nH]1. The van der Waals surface area contributed by atoms with Gasteiger partial charge in [0.15, 0.2) is 0 Å². The molecule has 0 spiro atoms. The topological polar surface area (TPSA) is 77.2 Å². The van der Waals surface area contributed by atoms with E-state index in [4.69, 9.17) is 0 Å². The number of aromatic nitrogens is 1. The summed E-state index contributed by atoms with van der Waals surface area (Å²) in [6.07, 6.45) is 0. The first-order valence-corrected chi connectivity index (χ1v) is 8.39. The number of H-pyrrole nitrogens is 1. The van der Waals surface area contributed by atoms with Crippen molar-refractivity contribution < 1.29 is 4.79 Å². The highest BCUT2D eigenvalue weighted by Gasteiger charge is 2.07. The summed E-state index contributed by atoms with van der Waals surface area (Å²) >= 11 is 0. The van der Waals surface area contributed by atoms with Gasteiger partial charge >= 0.3 is 6.03 Å². The molecule has 134 valence electrons. The summed E-state index contributed by atoms with van der Waals surface area (Å²) in [5.74, 6) is 0. The van der Waals surface area contributed by atoms with E-state index < -0.39 is 0 Å². The number of carbonyl (C=O) groups is 1. The van der Waals surface area contributed by atoms with Gasteiger partial charge in [-0.2, -0.15) is 0 Å². The molecule has 1 heterocycles. The van der Waals surface area contributed by atoms with Gasteiger partial charge in [0.2, 0.25) is 0 Å². The summed E-state index contributed by atoms with van der Waals surface area (Å²) < 4.78 is 0. The van der Waals surface area contributed by atoms with Gasteiger partial charge in [0.1, 0.15) is 0 Å². The zero-order valence-electron chi connectivity index (χ0n) is 15.1. The van der Waals surface area contributed by atoms with Crippen molar-refractivity contribution >= 4 is 6.03 Å². The van der Waals surface area contributed by atoms with E-state index in [1.54, 1.807) is 0 Å². The van der Waals surface area contributed by atoms with Crippen molar-refractivity contribution in [3.05, 3.63) is 69.1 Å². The molecule has 1 aromatic heterocycles. The van der Waals surface area contributed by atoms with E-state index in [0.717, 1.165) is 24.3 Å². The molecule has 3 N–H and O–H groups in total. The van der Waals surface area contributed by atoms with Crippen LogP contribution in [0.5, 0.6) is 0 Å². The summed E-state index contributed by atoms with van der Waals surface area (Å²) in [6, 6.07) is 11.8. The number of amides is 2. The Labute approximate surface area is 148 Å². The van der Waals surface area contributed by atoms with Gasteiger partial charge in [-0.25, -0.2) is 4.79 Å². The van der Waals surface area contributed by atoms with E-state index in [1.807, 2.05) is 45.2 Å². The summed E-state index contributed by atoms with van der Waals surface area (Å²) in [5.41, 5.74) is 3.37. The summed E-state index contributed by atoms with van der Waals surface area (Å²) in [6.45, 7) is 6.04. The van der Waals surface area contributed by atoms with Crippen molar-refractivity contribution in [2.75, 3.05) is 20.1 Å². The van der Waals surface area contributed by atoms with Gasteiger partial charge in [-0.3, -0.25) is 4.79 Å². The van der Waals surface area contributed by atoms with E-state index in [9.17, 15) is 9.59 Å². The second-order valence-corrected chi connectivity index (χ2v) is 6.28. The Bertz CT molecular complexity index is 756. The summed E-state index contributed by atoms with van der Waals surface area (Å²) in [7, 11) is 2.02. The van der Waals surface area contributed by atoms with Gasteiger partial charge in [0, 0.05) is 30.9 Å². The van der Waals surface area contributed by atoms with E-state index >= 15 is 0 Å². The molecule has 0 saturated carbocycles. The highest BCUT2D eigenvalue weighted by atomic mass is 16.2. The monoisotopic (exact) mass is 342 g/mol. The fraction of sp³-hybridized carbons (Fsp3) is 0.368. The van der Waals surface area contributed by atoms with E-state index in [2.05, 4.69) is 32.7 Å². The van der Waals surface area contributed by atoms with Gasteiger partial charge in [0.25, 0.3) is 5.56 Å². The second kappa shape index (κ2) is 9.03. The summed E-state index contributed by atoms with van der Waals surface area (Å²) in [5, 5.41) is 5.55. The average Bonchev–Trinajstić information content (AvgIpc) is 2.54. The molecule has 2 rings (SSSR count). The van der Waals surface area contributed by atoms with E-state index in [1.165, 1.54) is 5.56 Å². The van der Waals surface area contributed by atoms with Crippen LogP contribution < -0.4 is 16.2 Å². The Morgan fingerprint density at radius 2 is 1.88 bits per heavy atom. The fourth-order valence-electron chi connectivity index (χ4n) is 2.67. The maximum atomic E-state index is 11.9. The molecule has 0 aliphatic carbocycles. The van der Waals surface area contributed by atoms with Gasteiger partial charge in [0.05, 0.1) is 6.54 Å². The third kappa shape index (κ3) is 6.08. The molecule has 1 aromatic carbocycles. The second-order valence-electron chi connectivity index (χ2n) is 6.28.